The van der Waals surface area contributed by atoms with Gasteiger partial charge in [-0.1, -0.05) is 12.1 Å². The minimum atomic E-state index is -0.454. The fraction of sp³-hybridized carbons (Fsp3) is 0.200. The number of phenols is 1. The Labute approximate surface area is 127 Å². The molecule has 0 bridgehead atoms. The van der Waals surface area contributed by atoms with Crippen LogP contribution >= 0.6 is 0 Å². The first kappa shape index (κ1) is 15.4. The van der Waals surface area contributed by atoms with Crippen LogP contribution in [0.2, 0.25) is 0 Å². The van der Waals surface area contributed by atoms with Gasteiger partial charge in [-0.25, -0.2) is 20.2 Å². The van der Waals surface area contributed by atoms with E-state index in [1.54, 1.807) is 38.1 Å². The Morgan fingerprint density at radius 2 is 2.23 bits per heavy atom. The summed E-state index contributed by atoms with van der Waals surface area (Å²) in [5, 5.41) is 13.5. The number of aromatic hydroxyl groups is 1. The average molecular weight is 300 g/mol. The minimum Gasteiger partial charge on any atom is -0.507 e. The summed E-state index contributed by atoms with van der Waals surface area (Å²) >= 11 is 0. The first-order valence-electron chi connectivity index (χ1n) is 6.69. The van der Waals surface area contributed by atoms with E-state index in [1.807, 2.05) is 0 Å². The first-order valence-corrected chi connectivity index (χ1v) is 6.69. The number of nitrogens with one attached hydrogen (secondary N) is 1. The van der Waals surface area contributed by atoms with Crippen molar-refractivity contribution in [1.29, 1.82) is 0 Å². The van der Waals surface area contributed by atoms with Crippen molar-refractivity contribution in [3.8, 4) is 5.75 Å². The van der Waals surface area contributed by atoms with E-state index in [9.17, 15) is 9.90 Å². The number of aromatic nitrogens is 2. The standard InChI is InChI=1S/C15H16N4O3/c1-3-22-14(21)12-9-16-15(18-10(12)2)19-17-8-11-6-4-5-7-13(11)20/h4-9,20H,3H2,1-2H3,(H,16,18,19)/b17-8+. The molecule has 0 aliphatic heterocycles. The summed E-state index contributed by atoms with van der Waals surface area (Å²) in [7, 11) is 0. The molecule has 0 unspecified atom stereocenters. The highest BCUT2D eigenvalue weighted by Gasteiger charge is 2.12. The van der Waals surface area contributed by atoms with Gasteiger partial charge in [-0.15, -0.1) is 0 Å². The number of nitrogens with zero attached hydrogens (tertiary/aromatic N) is 3. The number of ether oxygens (including phenoxy) is 1. The Morgan fingerprint density at radius 3 is 2.91 bits per heavy atom. The van der Waals surface area contributed by atoms with Crippen molar-refractivity contribution >= 4 is 18.1 Å². The highest BCUT2D eigenvalue weighted by atomic mass is 16.5. The molecule has 0 saturated carbocycles. The molecule has 7 heteroatoms. The third-order valence-electron chi connectivity index (χ3n) is 2.78. The SMILES string of the molecule is CCOC(=O)c1cnc(N/N=C/c2ccccc2O)nc1C. The normalized spacial score (nSPS) is 10.6. The van der Waals surface area contributed by atoms with Crippen molar-refractivity contribution < 1.29 is 14.6 Å². The van der Waals surface area contributed by atoms with Crippen molar-refractivity contribution in [2.75, 3.05) is 12.0 Å². The van der Waals surface area contributed by atoms with Gasteiger partial charge in [0.05, 0.1) is 24.1 Å². The number of carbonyl (C=O) groups excluding carboxylic acids is 1. The molecule has 0 amide bonds. The number of esters is 1. The lowest BCUT2D eigenvalue weighted by Gasteiger charge is -2.05. The van der Waals surface area contributed by atoms with Gasteiger partial charge < -0.3 is 9.84 Å². The Morgan fingerprint density at radius 1 is 1.45 bits per heavy atom. The van der Waals surface area contributed by atoms with Crippen LogP contribution in [0.5, 0.6) is 5.75 Å². The van der Waals surface area contributed by atoms with Crippen LogP contribution in [0.4, 0.5) is 5.95 Å². The summed E-state index contributed by atoms with van der Waals surface area (Å²) in [5.74, 6) is -0.0794. The number of para-hydroxylation sites is 1. The fourth-order valence-corrected chi connectivity index (χ4v) is 1.69. The van der Waals surface area contributed by atoms with Gasteiger partial charge in [0.25, 0.3) is 0 Å². The number of anilines is 1. The Hall–Kier alpha value is -2.96. The van der Waals surface area contributed by atoms with E-state index in [-0.39, 0.29) is 11.7 Å². The molecule has 0 spiro atoms. The van der Waals surface area contributed by atoms with E-state index in [0.29, 0.717) is 23.4 Å². The zero-order valence-electron chi connectivity index (χ0n) is 12.3. The largest absolute Gasteiger partial charge is 0.507 e. The van der Waals surface area contributed by atoms with Crippen molar-refractivity contribution in [2.24, 2.45) is 5.10 Å². The Balaban J connectivity index is 2.07. The van der Waals surface area contributed by atoms with Crippen LogP contribution in [-0.4, -0.2) is 33.9 Å². The van der Waals surface area contributed by atoms with E-state index in [2.05, 4.69) is 20.5 Å². The molecule has 7 nitrogen and oxygen atoms in total. The van der Waals surface area contributed by atoms with Crippen molar-refractivity contribution in [3.05, 3.63) is 47.3 Å². The number of phenolic OH excluding ortho intramolecular Hbond substituents is 1. The van der Waals surface area contributed by atoms with Gasteiger partial charge in [-0.05, 0) is 26.0 Å². The molecule has 2 N–H and O–H groups in total. The zero-order chi connectivity index (χ0) is 15.9. The monoisotopic (exact) mass is 300 g/mol. The maximum Gasteiger partial charge on any atom is 0.341 e. The molecule has 0 aliphatic rings. The summed E-state index contributed by atoms with van der Waals surface area (Å²) < 4.78 is 4.90. The molecular formula is C15H16N4O3. The molecule has 0 radical (unpaired) electrons. The van der Waals surface area contributed by atoms with Crippen LogP contribution in [0.1, 0.15) is 28.5 Å². The van der Waals surface area contributed by atoms with Crippen LogP contribution in [0.3, 0.4) is 0 Å². The summed E-state index contributed by atoms with van der Waals surface area (Å²) in [6, 6.07) is 6.79. The summed E-state index contributed by atoms with van der Waals surface area (Å²) in [6.45, 7) is 3.71. The number of hydrogen-bond acceptors (Lipinski definition) is 7. The van der Waals surface area contributed by atoms with E-state index < -0.39 is 5.97 Å². The number of carbonyl (C=O) groups is 1. The molecule has 2 aromatic rings. The van der Waals surface area contributed by atoms with Crippen LogP contribution in [0.25, 0.3) is 0 Å². The van der Waals surface area contributed by atoms with Gasteiger partial charge >= 0.3 is 5.97 Å². The lowest BCUT2D eigenvalue weighted by molar-refractivity contribution is 0.0524. The van der Waals surface area contributed by atoms with Crippen LogP contribution in [-0.2, 0) is 4.74 Å². The summed E-state index contributed by atoms with van der Waals surface area (Å²) in [4.78, 5) is 19.8. The van der Waals surface area contributed by atoms with E-state index >= 15 is 0 Å². The maximum absolute atomic E-state index is 11.6. The van der Waals surface area contributed by atoms with E-state index in [0.717, 1.165) is 0 Å². The van der Waals surface area contributed by atoms with Crippen LogP contribution < -0.4 is 5.43 Å². The second-order valence-corrected chi connectivity index (χ2v) is 4.34. The Kier molecular flexibility index (Phi) is 5.02. The molecular weight excluding hydrogens is 284 g/mol. The van der Waals surface area contributed by atoms with Gasteiger partial charge in [0.15, 0.2) is 0 Å². The molecule has 114 valence electrons. The predicted octanol–water partition coefficient (Wildman–Crippen LogP) is 2.11. The second kappa shape index (κ2) is 7.16. The molecule has 0 aliphatic carbocycles. The molecule has 0 atom stereocenters. The fourth-order valence-electron chi connectivity index (χ4n) is 1.69. The van der Waals surface area contributed by atoms with Crippen LogP contribution in [0.15, 0.2) is 35.6 Å². The van der Waals surface area contributed by atoms with Crippen LogP contribution in [0, 0.1) is 6.92 Å². The molecule has 0 fully saturated rings. The number of benzene rings is 1. The molecule has 1 aromatic carbocycles. The molecule has 22 heavy (non-hydrogen) atoms. The van der Waals surface area contributed by atoms with Crippen molar-refractivity contribution in [3.63, 3.8) is 0 Å². The van der Waals surface area contributed by atoms with Gasteiger partial charge in [-0.2, -0.15) is 5.10 Å². The zero-order valence-corrected chi connectivity index (χ0v) is 12.3. The van der Waals surface area contributed by atoms with Gasteiger partial charge in [0, 0.05) is 11.8 Å². The van der Waals surface area contributed by atoms with Crippen molar-refractivity contribution in [1.82, 2.24) is 9.97 Å². The van der Waals surface area contributed by atoms with Gasteiger partial charge in [-0.3, -0.25) is 0 Å². The lowest BCUT2D eigenvalue weighted by Crippen LogP contribution is -2.10. The summed E-state index contributed by atoms with van der Waals surface area (Å²) in [6.07, 6.45) is 2.84. The number of aryl methyl sites for hydroxylation is 1. The highest BCUT2D eigenvalue weighted by Crippen LogP contribution is 2.13. The number of hydrazone groups is 1. The highest BCUT2D eigenvalue weighted by molar-refractivity contribution is 5.90. The molecule has 0 saturated heterocycles. The van der Waals surface area contributed by atoms with E-state index in [1.165, 1.54) is 12.4 Å². The number of hydrogen-bond donors (Lipinski definition) is 2. The first-order chi connectivity index (χ1) is 10.6. The molecule has 2 rings (SSSR count). The topological polar surface area (TPSA) is 96.7 Å². The number of rotatable bonds is 5. The lowest BCUT2D eigenvalue weighted by atomic mass is 10.2. The van der Waals surface area contributed by atoms with Crippen molar-refractivity contribution in [2.45, 2.75) is 13.8 Å². The molecule has 1 heterocycles. The second-order valence-electron chi connectivity index (χ2n) is 4.34. The maximum atomic E-state index is 11.6. The average Bonchev–Trinajstić information content (AvgIpc) is 2.49. The minimum absolute atomic E-state index is 0.128. The Bertz CT molecular complexity index is 701. The summed E-state index contributed by atoms with van der Waals surface area (Å²) in [5.41, 5.74) is 4.02. The van der Waals surface area contributed by atoms with Gasteiger partial charge in [0.1, 0.15) is 5.75 Å². The van der Waals surface area contributed by atoms with E-state index in [4.69, 9.17) is 4.74 Å². The quantitative estimate of drug-likeness (QED) is 0.499. The smallest absolute Gasteiger partial charge is 0.341 e. The van der Waals surface area contributed by atoms with Gasteiger partial charge in [0.2, 0.25) is 5.95 Å². The predicted molar refractivity (Wildman–Crippen MR) is 82.0 cm³/mol. The molecule has 1 aromatic heterocycles. The third kappa shape index (κ3) is 3.78. The third-order valence-corrected chi connectivity index (χ3v) is 2.78.